The van der Waals surface area contributed by atoms with Gasteiger partial charge in [0.15, 0.2) is 0 Å². The summed E-state index contributed by atoms with van der Waals surface area (Å²) < 4.78 is 4.47. The molecule has 0 aromatic carbocycles. The molecular formula is C7H10O5. The zero-order chi connectivity index (χ0) is 9.78. The van der Waals surface area contributed by atoms with Gasteiger partial charge in [0.2, 0.25) is 0 Å². The summed E-state index contributed by atoms with van der Waals surface area (Å²) in [5, 5.41) is 17.1. The molecule has 0 heterocycles. The van der Waals surface area contributed by atoms with Crippen LogP contribution in [0, 0.1) is 0 Å². The third-order valence-corrected chi connectivity index (χ3v) is 1.47. The first-order chi connectivity index (χ1) is 5.51. The molecule has 0 saturated carbocycles. The number of ether oxygens (including phenoxy) is 1. The van der Waals surface area contributed by atoms with Gasteiger partial charge in [-0.25, -0.2) is 9.59 Å². The predicted molar refractivity (Wildman–Crippen MR) is 39.6 cm³/mol. The molecule has 0 spiro atoms. The van der Waals surface area contributed by atoms with E-state index in [9.17, 15) is 9.59 Å². The molecule has 2 N–H and O–H groups in total. The number of hydrogen-bond donors (Lipinski definition) is 2. The minimum atomic E-state index is -2.19. The lowest BCUT2D eigenvalue weighted by atomic mass is 10.0. The monoisotopic (exact) mass is 174 g/mol. The normalized spacial score (nSPS) is 10.4. The average molecular weight is 174 g/mol. The van der Waals surface area contributed by atoms with Crippen LogP contribution in [0.25, 0.3) is 0 Å². The molecule has 0 aliphatic rings. The van der Waals surface area contributed by atoms with E-state index in [1.807, 2.05) is 0 Å². The Morgan fingerprint density at radius 2 is 1.92 bits per heavy atom. The second-order valence-electron chi connectivity index (χ2n) is 2.08. The number of rotatable bonds is 5. The van der Waals surface area contributed by atoms with E-state index in [-0.39, 0.29) is 6.42 Å². The summed E-state index contributed by atoms with van der Waals surface area (Å²) in [5.74, 6) is -3.06. The maximum absolute atomic E-state index is 10.5. The van der Waals surface area contributed by atoms with Gasteiger partial charge in [-0.1, -0.05) is 13.5 Å². The van der Waals surface area contributed by atoms with Crippen molar-refractivity contribution in [2.75, 3.05) is 0 Å². The molecule has 0 radical (unpaired) electrons. The van der Waals surface area contributed by atoms with E-state index in [2.05, 4.69) is 11.3 Å². The van der Waals surface area contributed by atoms with Gasteiger partial charge in [0.25, 0.3) is 5.60 Å². The highest BCUT2D eigenvalue weighted by molar-refractivity contribution is 6.01. The Hall–Kier alpha value is -1.52. The van der Waals surface area contributed by atoms with Crippen LogP contribution in [-0.4, -0.2) is 27.8 Å². The Kier molecular flexibility index (Phi) is 3.28. The van der Waals surface area contributed by atoms with Crippen LogP contribution in [0.3, 0.4) is 0 Å². The van der Waals surface area contributed by atoms with E-state index >= 15 is 0 Å². The summed E-state index contributed by atoms with van der Waals surface area (Å²) in [6.07, 6.45) is 0.648. The third-order valence-electron chi connectivity index (χ3n) is 1.47. The first-order valence-corrected chi connectivity index (χ1v) is 3.26. The Labute approximate surface area is 69.3 Å². The quantitative estimate of drug-likeness (QED) is 0.467. The Bertz CT molecular complexity index is 194. The van der Waals surface area contributed by atoms with Crippen molar-refractivity contribution in [1.82, 2.24) is 0 Å². The van der Waals surface area contributed by atoms with Crippen LogP contribution < -0.4 is 0 Å². The van der Waals surface area contributed by atoms with Gasteiger partial charge in [-0.2, -0.15) is 0 Å². The van der Waals surface area contributed by atoms with Crippen LogP contribution in [0.5, 0.6) is 0 Å². The fourth-order valence-corrected chi connectivity index (χ4v) is 0.720. The van der Waals surface area contributed by atoms with Crippen molar-refractivity contribution in [2.45, 2.75) is 18.9 Å². The summed E-state index contributed by atoms with van der Waals surface area (Å²) in [5.41, 5.74) is -2.19. The highest BCUT2D eigenvalue weighted by Gasteiger charge is 2.46. The lowest BCUT2D eigenvalue weighted by molar-refractivity contribution is -0.176. The zero-order valence-electron chi connectivity index (χ0n) is 6.61. The Morgan fingerprint density at radius 1 is 1.50 bits per heavy atom. The van der Waals surface area contributed by atoms with Crippen LogP contribution in [0.1, 0.15) is 13.3 Å². The van der Waals surface area contributed by atoms with Crippen LogP contribution in [0.2, 0.25) is 0 Å². The number of hydrogen-bond acceptors (Lipinski definition) is 3. The maximum atomic E-state index is 10.5. The fraction of sp³-hybridized carbons (Fsp3) is 0.429. The molecular weight excluding hydrogens is 164 g/mol. The molecule has 5 nitrogen and oxygen atoms in total. The Morgan fingerprint density at radius 3 is 2.00 bits per heavy atom. The first-order valence-electron chi connectivity index (χ1n) is 3.26. The van der Waals surface area contributed by atoms with Gasteiger partial charge in [0.1, 0.15) is 0 Å². The third kappa shape index (κ3) is 1.55. The highest BCUT2D eigenvalue weighted by atomic mass is 16.5. The minimum Gasteiger partial charge on any atom is -0.478 e. The van der Waals surface area contributed by atoms with Gasteiger partial charge in [-0.05, 0) is 0 Å². The topological polar surface area (TPSA) is 83.8 Å². The van der Waals surface area contributed by atoms with Crippen molar-refractivity contribution in [3.05, 3.63) is 12.8 Å². The van der Waals surface area contributed by atoms with Gasteiger partial charge < -0.3 is 14.9 Å². The molecule has 0 aromatic heterocycles. The van der Waals surface area contributed by atoms with Crippen molar-refractivity contribution in [1.29, 1.82) is 0 Å². The maximum Gasteiger partial charge on any atom is 0.359 e. The molecule has 0 amide bonds. The van der Waals surface area contributed by atoms with Crippen LogP contribution in [0.15, 0.2) is 12.8 Å². The Balaban J connectivity index is 4.88. The van der Waals surface area contributed by atoms with E-state index in [0.717, 1.165) is 6.26 Å². The van der Waals surface area contributed by atoms with E-state index in [1.54, 1.807) is 0 Å². The summed E-state index contributed by atoms with van der Waals surface area (Å²) >= 11 is 0. The molecule has 0 bridgehead atoms. The molecule has 0 aliphatic heterocycles. The molecule has 0 unspecified atom stereocenters. The molecule has 0 fully saturated rings. The molecule has 0 aromatic rings. The molecule has 0 aliphatic carbocycles. The number of aliphatic carboxylic acids is 2. The van der Waals surface area contributed by atoms with E-state index in [4.69, 9.17) is 10.2 Å². The van der Waals surface area contributed by atoms with Gasteiger partial charge in [0.05, 0.1) is 6.26 Å². The minimum absolute atomic E-state index is 0.163. The zero-order valence-corrected chi connectivity index (χ0v) is 6.61. The van der Waals surface area contributed by atoms with Crippen molar-refractivity contribution in [3.63, 3.8) is 0 Å². The van der Waals surface area contributed by atoms with Crippen molar-refractivity contribution < 1.29 is 24.5 Å². The molecule has 0 atom stereocenters. The summed E-state index contributed by atoms with van der Waals surface area (Å²) in [7, 11) is 0. The van der Waals surface area contributed by atoms with Crippen LogP contribution in [0.4, 0.5) is 0 Å². The fourth-order valence-electron chi connectivity index (χ4n) is 0.720. The predicted octanol–water partition coefficient (Wildman–Crippen LogP) is 0.465. The SMILES string of the molecule is C=COC(CC)(C(=O)O)C(=O)O. The van der Waals surface area contributed by atoms with E-state index in [0.29, 0.717) is 0 Å². The van der Waals surface area contributed by atoms with Gasteiger partial charge in [-0.3, -0.25) is 0 Å². The smallest absolute Gasteiger partial charge is 0.359 e. The number of carbonyl (C=O) groups is 2. The largest absolute Gasteiger partial charge is 0.478 e. The highest BCUT2D eigenvalue weighted by Crippen LogP contribution is 2.16. The molecule has 0 rings (SSSR count). The lowest BCUT2D eigenvalue weighted by Gasteiger charge is -2.21. The van der Waals surface area contributed by atoms with Crippen LogP contribution in [-0.2, 0) is 14.3 Å². The van der Waals surface area contributed by atoms with Gasteiger partial charge >= 0.3 is 11.9 Å². The number of carboxylic acid groups (broad SMARTS) is 2. The van der Waals surface area contributed by atoms with Gasteiger partial charge in [-0.15, -0.1) is 0 Å². The van der Waals surface area contributed by atoms with Crippen molar-refractivity contribution >= 4 is 11.9 Å². The summed E-state index contributed by atoms with van der Waals surface area (Å²) in [6, 6.07) is 0. The molecule has 5 heteroatoms. The summed E-state index contributed by atoms with van der Waals surface area (Å²) in [4.78, 5) is 21.1. The van der Waals surface area contributed by atoms with Crippen molar-refractivity contribution in [3.8, 4) is 0 Å². The second kappa shape index (κ2) is 3.75. The van der Waals surface area contributed by atoms with E-state index in [1.165, 1.54) is 6.92 Å². The standard InChI is InChI=1S/C7H10O5/c1-3-7(5(8)9,6(10)11)12-4-2/h4H,2-3H2,1H3,(H,8,9)(H,10,11). The summed E-state index contributed by atoms with van der Waals surface area (Å²) in [6.45, 7) is 4.52. The molecule has 0 saturated heterocycles. The number of carboxylic acids is 2. The van der Waals surface area contributed by atoms with E-state index < -0.39 is 17.5 Å². The van der Waals surface area contributed by atoms with Crippen LogP contribution >= 0.6 is 0 Å². The molecule has 68 valence electrons. The lowest BCUT2D eigenvalue weighted by Crippen LogP contribution is -2.47. The van der Waals surface area contributed by atoms with Gasteiger partial charge in [0, 0.05) is 6.42 Å². The van der Waals surface area contributed by atoms with Crippen molar-refractivity contribution in [2.24, 2.45) is 0 Å². The average Bonchev–Trinajstić information content (AvgIpc) is 1.98. The second-order valence-corrected chi connectivity index (χ2v) is 2.08. The first kappa shape index (κ1) is 10.5. The molecule has 12 heavy (non-hydrogen) atoms.